The fourth-order valence-corrected chi connectivity index (χ4v) is 5.10. The second-order valence-electron chi connectivity index (χ2n) is 10.6. The van der Waals surface area contributed by atoms with E-state index in [0.29, 0.717) is 36.3 Å². The van der Waals surface area contributed by atoms with Crippen molar-refractivity contribution in [1.82, 2.24) is 4.90 Å². The lowest BCUT2D eigenvalue weighted by Crippen LogP contribution is -2.39. The van der Waals surface area contributed by atoms with Crippen LogP contribution in [0, 0.1) is 0 Å². The van der Waals surface area contributed by atoms with Crippen molar-refractivity contribution in [3.8, 4) is 5.75 Å². The van der Waals surface area contributed by atoms with Crippen LogP contribution < -0.4 is 5.32 Å². The molecule has 1 saturated heterocycles. The zero-order valence-corrected chi connectivity index (χ0v) is 23.5. The summed E-state index contributed by atoms with van der Waals surface area (Å²) in [6.45, 7) is 0.881. The fraction of sp³-hybridized carbons (Fsp3) is 0.265. The number of carbonyl (C=O) groups excluding carboxylic acids is 1. The lowest BCUT2D eigenvalue weighted by atomic mass is 9.99. The average molecular weight is 569 g/mol. The molecule has 0 saturated carbocycles. The molecule has 8 nitrogen and oxygen atoms in total. The molecule has 4 atom stereocenters. The topological polar surface area (TPSA) is 111 Å². The van der Waals surface area contributed by atoms with Crippen molar-refractivity contribution >= 4 is 11.6 Å². The van der Waals surface area contributed by atoms with Crippen molar-refractivity contribution in [3.63, 3.8) is 0 Å². The average Bonchev–Trinajstić information content (AvgIpc) is 3.01. The van der Waals surface area contributed by atoms with E-state index in [-0.39, 0.29) is 30.5 Å². The molecule has 0 aromatic heterocycles. The van der Waals surface area contributed by atoms with E-state index in [2.05, 4.69) is 5.32 Å². The Labute approximate surface area is 245 Å². The van der Waals surface area contributed by atoms with Crippen LogP contribution in [0.15, 0.2) is 103 Å². The number of benzene rings is 4. The van der Waals surface area contributed by atoms with Gasteiger partial charge in [-0.25, -0.2) is 0 Å². The van der Waals surface area contributed by atoms with E-state index >= 15 is 0 Å². The molecule has 1 aliphatic rings. The maximum absolute atomic E-state index is 12.6. The summed E-state index contributed by atoms with van der Waals surface area (Å²) < 4.78 is 12.9. The van der Waals surface area contributed by atoms with E-state index in [1.54, 1.807) is 36.4 Å². The molecule has 4 aromatic rings. The van der Waals surface area contributed by atoms with Crippen LogP contribution in [0.25, 0.3) is 0 Å². The molecule has 0 bridgehead atoms. The van der Waals surface area contributed by atoms with Gasteiger partial charge >= 0.3 is 0 Å². The Morgan fingerprint density at radius 3 is 2.33 bits per heavy atom. The van der Waals surface area contributed by atoms with Crippen LogP contribution >= 0.6 is 0 Å². The Morgan fingerprint density at radius 1 is 0.929 bits per heavy atom. The van der Waals surface area contributed by atoms with Crippen molar-refractivity contribution in [2.75, 3.05) is 25.5 Å². The number of phenols is 1. The Hall–Kier alpha value is -4.05. The van der Waals surface area contributed by atoms with Gasteiger partial charge in [0, 0.05) is 36.3 Å². The molecule has 4 N–H and O–H groups in total. The van der Waals surface area contributed by atoms with Crippen molar-refractivity contribution in [2.24, 2.45) is 0 Å². The highest BCUT2D eigenvalue weighted by Crippen LogP contribution is 2.38. The van der Waals surface area contributed by atoms with Gasteiger partial charge in [-0.3, -0.25) is 4.79 Å². The predicted octanol–water partition coefficient (Wildman–Crippen LogP) is 5.35. The zero-order valence-electron chi connectivity index (χ0n) is 23.5. The molecule has 5 rings (SSSR count). The van der Waals surface area contributed by atoms with Gasteiger partial charge in [-0.1, -0.05) is 66.7 Å². The van der Waals surface area contributed by atoms with Crippen LogP contribution in [-0.4, -0.2) is 52.4 Å². The highest BCUT2D eigenvalue weighted by atomic mass is 16.7. The SMILES string of the molecule is CN(CC1CC(c2ccc(CO)cc2)OC(c2ccc(NC(=O)c3ccccc3)cc2)O1)CC(O)c1cccc(O)c1. The fourth-order valence-electron chi connectivity index (χ4n) is 5.10. The van der Waals surface area contributed by atoms with E-state index in [0.717, 1.165) is 16.7 Å². The number of likely N-dealkylation sites (N-methyl/N-ethyl adjacent to an activating group) is 1. The first kappa shape index (κ1) is 29.4. The number of aliphatic hydroxyl groups excluding tert-OH is 2. The standard InChI is InChI=1S/C34H36N2O6/c1-36(21-31(39)27-8-5-9-29(38)18-27)20-30-19-32(24-12-10-23(22-37)11-13-24)42-34(41-30)26-14-16-28(17-15-26)35-33(40)25-6-3-2-4-7-25/h2-18,30-32,34,37-39H,19-22H2,1H3,(H,35,40). The van der Waals surface area contributed by atoms with E-state index in [4.69, 9.17) is 9.47 Å². The number of carbonyl (C=O) groups is 1. The van der Waals surface area contributed by atoms with E-state index in [9.17, 15) is 20.1 Å². The minimum atomic E-state index is -0.766. The van der Waals surface area contributed by atoms with Gasteiger partial charge < -0.3 is 35.0 Å². The van der Waals surface area contributed by atoms with Crippen LogP contribution in [0.2, 0.25) is 0 Å². The van der Waals surface area contributed by atoms with Gasteiger partial charge in [-0.15, -0.1) is 0 Å². The molecule has 42 heavy (non-hydrogen) atoms. The van der Waals surface area contributed by atoms with Crippen LogP contribution in [0.3, 0.4) is 0 Å². The molecule has 4 unspecified atom stereocenters. The molecule has 0 radical (unpaired) electrons. The van der Waals surface area contributed by atoms with E-state index in [1.807, 2.05) is 78.7 Å². The quantitative estimate of drug-likeness (QED) is 0.204. The largest absolute Gasteiger partial charge is 0.508 e. The van der Waals surface area contributed by atoms with Gasteiger partial charge in [0.25, 0.3) is 5.91 Å². The molecule has 1 aliphatic heterocycles. The second kappa shape index (κ2) is 13.7. The Kier molecular flexibility index (Phi) is 9.63. The minimum absolute atomic E-state index is 0.0281. The van der Waals surface area contributed by atoms with Crippen LogP contribution in [-0.2, 0) is 16.1 Å². The van der Waals surface area contributed by atoms with Crippen molar-refractivity contribution < 1.29 is 29.6 Å². The third kappa shape index (κ3) is 7.61. The number of ether oxygens (including phenoxy) is 2. The molecule has 1 heterocycles. The van der Waals surface area contributed by atoms with E-state index in [1.165, 1.54) is 0 Å². The number of hydrogen-bond donors (Lipinski definition) is 4. The molecule has 218 valence electrons. The summed E-state index contributed by atoms with van der Waals surface area (Å²) >= 11 is 0. The van der Waals surface area contributed by atoms with Gasteiger partial charge in [0.15, 0.2) is 6.29 Å². The Morgan fingerprint density at radius 2 is 1.64 bits per heavy atom. The number of aromatic hydroxyl groups is 1. The minimum Gasteiger partial charge on any atom is -0.508 e. The number of anilines is 1. The summed E-state index contributed by atoms with van der Waals surface area (Å²) in [6.07, 6.45) is -1.26. The van der Waals surface area contributed by atoms with Gasteiger partial charge in [-0.05, 0) is 60.1 Å². The molecule has 1 fully saturated rings. The normalized spacial score (nSPS) is 19.4. The third-order valence-corrected chi connectivity index (χ3v) is 7.35. The molecular formula is C34H36N2O6. The highest BCUT2D eigenvalue weighted by Gasteiger charge is 2.33. The van der Waals surface area contributed by atoms with Crippen molar-refractivity contribution in [2.45, 2.75) is 37.6 Å². The highest BCUT2D eigenvalue weighted by molar-refractivity contribution is 6.04. The van der Waals surface area contributed by atoms with Crippen LogP contribution in [0.5, 0.6) is 5.75 Å². The third-order valence-electron chi connectivity index (χ3n) is 7.35. The smallest absolute Gasteiger partial charge is 0.255 e. The summed E-state index contributed by atoms with van der Waals surface area (Å²) in [5.41, 5.74) is 4.52. The summed E-state index contributed by atoms with van der Waals surface area (Å²) in [6, 6.07) is 30.8. The van der Waals surface area contributed by atoms with E-state index < -0.39 is 12.4 Å². The number of nitrogens with zero attached hydrogens (tertiary/aromatic N) is 1. The van der Waals surface area contributed by atoms with Crippen LogP contribution in [0.1, 0.15) is 57.5 Å². The van der Waals surface area contributed by atoms with Gasteiger partial charge in [0.2, 0.25) is 0 Å². The van der Waals surface area contributed by atoms with Crippen LogP contribution in [0.4, 0.5) is 5.69 Å². The van der Waals surface area contributed by atoms with Gasteiger partial charge in [0.05, 0.1) is 24.9 Å². The molecule has 0 aliphatic carbocycles. The lowest BCUT2D eigenvalue weighted by Gasteiger charge is -2.38. The molecule has 4 aromatic carbocycles. The Balaban J connectivity index is 1.29. The summed E-state index contributed by atoms with van der Waals surface area (Å²) in [4.78, 5) is 14.6. The number of rotatable bonds is 10. The number of phenolic OH excluding ortho intramolecular Hbond substituents is 1. The number of hydrogen-bond acceptors (Lipinski definition) is 7. The first-order valence-corrected chi connectivity index (χ1v) is 14.0. The number of nitrogens with one attached hydrogen (secondary N) is 1. The molecule has 8 heteroatoms. The number of amides is 1. The summed E-state index contributed by atoms with van der Waals surface area (Å²) in [7, 11) is 1.93. The maximum atomic E-state index is 12.6. The monoisotopic (exact) mass is 568 g/mol. The Bertz CT molecular complexity index is 1450. The van der Waals surface area contributed by atoms with Gasteiger partial charge in [0.1, 0.15) is 5.75 Å². The van der Waals surface area contributed by atoms with Crippen molar-refractivity contribution in [1.29, 1.82) is 0 Å². The van der Waals surface area contributed by atoms with Gasteiger partial charge in [-0.2, -0.15) is 0 Å². The molecule has 0 spiro atoms. The van der Waals surface area contributed by atoms with Crippen molar-refractivity contribution in [3.05, 3.63) is 131 Å². The summed E-state index contributed by atoms with van der Waals surface area (Å²) in [5, 5.41) is 32.9. The zero-order chi connectivity index (χ0) is 29.5. The number of aliphatic hydroxyl groups is 2. The molecular weight excluding hydrogens is 532 g/mol. The molecule has 1 amide bonds. The predicted molar refractivity (Wildman–Crippen MR) is 160 cm³/mol. The lowest BCUT2D eigenvalue weighted by molar-refractivity contribution is -0.252. The first-order valence-electron chi connectivity index (χ1n) is 14.0. The second-order valence-corrected chi connectivity index (χ2v) is 10.6. The maximum Gasteiger partial charge on any atom is 0.255 e. The summed E-state index contributed by atoms with van der Waals surface area (Å²) in [5.74, 6) is -0.0681. The first-order chi connectivity index (χ1) is 20.4.